The molecule has 0 amide bonds. The number of hydrogen-bond donors (Lipinski definition) is 8. The van der Waals surface area contributed by atoms with Gasteiger partial charge in [0.1, 0.15) is 43.2 Å². The van der Waals surface area contributed by atoms with E-state index in [1.165, 1.54) is 38.5 Å². The number of esters is 2. The highest BCUT2D eigenvalue weighted by molar-refractivity contribution is 7.47. The van der Waals surface area contributed by atoms with Gasteiger partial charge in [0.25, 0.3) is 0 Å². The number of aliphatic hydroxyl groups excluding tert-OH is 5. The Bertz CT molecular complexity index is 1730. The zero-order valence-corrected chi connectivity index (χ0v) is 43.1. The van der Waals surface area contributed by atoms with Crippen LogP contribution in [0.25, 0.3) is 0 Å². The molecule has 0 spiro atoms. The summed E-state index contributed by atoms with van der Waals surface area (Å²) in [7, 11) is -10.8. The molecular weight excluding hydrogens is 946 g/mol. The lowest BCUT2D eigenvalue weighted by molar-refractivity contribution is -0.216. The highest BCUT2D eigenvalue weighted by atomic mass is 31.2. The molecule has 0 bridgehead atoms. The summed E-state index contributed by atoms with van der Waals surface area (Å²) in [6.07, 6.45) is 33.7. The molecule has 8 N–H and O–H groups in total. The van der Waals surface area contributed by atoms with Gasteiger partial charge >= 0.3 is 27.6 Å². The predicted octanol–water partition coefficient (Wildman–Crippen LogP) is 8.92. The van der Waals surface area contributed by atoms with E-state index < -0.39 is 89.6 Å². The average molecular weight is 1030 g/mol. The van der Waals surface area contributed by atoms with Crippen LogP contribution in [0.15, 0.2) is 97.2 Å². The highest BCUT2D eigenvalue weighted by Crippen LogP contribution is 2.49. The van der Waals surface area contributed by atoms with E-state index in [2.05, 4.69) is 91.3 Å². The first-order chi connectivity index (χ1) is 33.5. The van der Waals surface area contributed by atoms with Crippen LogP contribution in [-0.2, 0) is 41.8 Å². The van der Waals surface area contributed by atoms with Gasteiger partial charge in [0.15, 0.2) is 6.10 Å². The number of allylic oxidation sites excluding steroid dienone is 15. The number of carbonyl (C=O) groups is 2. The third-order valence-electron chi connectivity index (χ3n) is 10.7. The number of aliphatic hydroxyl groups is 5. The van der Waals surface area contributed by atoms with Gasteiger partial charge in [-0.05, 0) is 89.9 Å². The lowest BCUT2D eigenvalue weighted by atomic mass is 9.85. The first-order valence-electron chi connectivity index (χ1n) is 24.9. The molecule has 0 aromatic carbocycles. The maximum Gasteiger partial charge on any atom is 0.472 e. The van der Waals surface area contributed by atoms with Crippen molar-refractivity contribution in [1.29, 1.82) is 0 Å². The van der Waals surface area contributed by atoms with Crippen LogP contribution in [0.4, 0.5) is 0 Å². The van der Waals surface area contributed by atoms with Crippen molar-refractivity contribution in [2.24, 2.45) is 0 Å². The van der Waals surface area contributed by atoms with Crippen LogP contribution in [0, 0.1) is 0 Å². The Labute approximate surface area is 416 Å². The number of phosphoric acid groups is 2. The molecule has 0 saturated heterocycles. The van der Waals surface area contributed by atoms with E-state index in [-0.39, 0.29) is 25.7 Å². The van der Waals surface area contributed by atoms with Gasteiger partial charge in [-0.1, -0.05) is 143 Å². The van der Waals surface area contributed by atoms with Crippen molar-refractivity contribution in [1.82, 2.24) is 0 Å². The molecule has 5 unspecified atom stereocenters. The quantitative estimate of drug-likeness (QED) is 0.00935. The maximum absolute atomic E-state index is 13.0. The van der Waals surface area contributed by atoms with E-state index in [0.717, 1.165) is 57.8 Å². The number of hydrogen-bond acceptors (Lipinski definition) is 14. The number of ether oxygens (including phenoxy) is 2. The zero-order valence-electron chi connectivity index (χ0n) is 41.3. The largest absolute Gasteiger partial charge is 0.472 e. The normalized spacial score (nSPS) is 22.3. The second-order valence-corrected chi connectivity index (χ2v) is 19.6. The minimum Gasteiger partial charge on any atom is -0.462 e. The lowest BCUT2D eigenvalue weighted by Crippen LogP contribution is -2.64. The zero-order chi connectivity index (χ0) is 51.9. The first kappa shape index (κ1) is 64.9. The van der Waals surface area contributed by atoms with Crippen LogP contribution in [0.2, 0.25) is 0 Å². The summed E-state index contributed by atoms with van der Waals surface area (Å²) in [6, 6.07) is 0. The Morgan fingerprint density at radius 1 is 0.529 bits per heavy atom. The molecule has 1 fully saturated rings. The van der Waals surface area contributed by atoms with Crippen molar-refractivity contribution < 1.29 is 82.0 Å². The van der Waals surface area contributed by atoms with Crippen molar-refractivity contribution in [2.45, 2.75) is 198 Å². The minimum atomic E-state index is -5.39. The van der Waals surface area contributed by atoms with E-state index in [4.69, 9.17) is 18.5 Å². The summed E-state index contributed by atoms with van der Waals surface area (Å²) in [5.41, 5.74) is 0. The molecule has 0 aliphatic heterocycles. The Morgan fingerprint density at radius 3 is 1.51 bits per heavy atom. The van der Waals surface area contributed by atoms with E-state index in [1.54, 1.807) is 12.2 Å². The molecule has 9 atom stereocenters. The summed E-state index contributed by atoms with van der Waals surface area (Å²) in [5.74, 6) is -1.45. The Kier molecular flexibility index (Phi) is 37.4. The van der Waals surface area contributed by atoms with Crippen LogP contribution < -0.4 is 0 Å². The number of carbonyl (C=O) groups excluding carboxylic acids is 2. The van der Waals surface area contributed by atoms with Gasteiger partial charge < -0.3 is 49.7 Å². The van der Waals surface area contributed by atoms with Gasteiger partial charge in [0.2, 0.25) is 0 Å². The lowest BCUT2D eigenvalue weighted by Gasteiger charge is -2.43. The van der Waals surface area contributed by atoms with Gasteiger partial charge in [-0.15, -0.1) is 0 Å². The molecule has 70 heavy (non-hydrogen) atoms. The summed E-state index contributed by atoms with van der Waals surface area (Å²) in [4.78, 5) is 54.4. The predicted molar refractivity (Wildman–Crippen MR) is 270 cm³/mol. The molecule has 0 aromatic rings. The fourth-order valence-corrected chi connectivity index (χ4v) is 8.36. The monoisotopic (exact) mass is 1030 g/mol. The van der Waals surface area contributed by atoms with Crippen molar-refractivity contribution >= 4 is 27.6 Å². The minimum absolute atomic E-state index is 0.0396. The topological polar surface area (TPSA) is 276 Å². The maximum atomic E-state index is 13.0. The van der Waals surface area contributed by atoms with Crippen molar-refractivity contribution in [3.05, 3.63) is 97.2 Å². The van der Waals surface area contributed by atoms with Gasteiger partial charge in [0.05, 0.1) is 12.7 Å². The molecule has 19 heteroatoms. The van der Waals surface area contributed by atoms with Crippen molar-refractivity contribution in [2.75, 3.05) is 13.2 Å². The fourth-order valence-electron chi connectivity index (χ4n) is 6.82. The number of phosphoric ester groups is 2. The molecule has 1 aliphatic carbocycles. The van der Waals surface area contributed by atoms with Gasteiger partial charge in [-0.2, -0.15) is 0 Å². The fraction of sp³-hybridized carbons (Fsp3) is 0.647. The molecule has 0 aromatic heterocycles. The number of rotatable bonds is 40. The first-order valence-corrected chi connectivity index (χ1v) is 27.9. The molecule has 0 radical (unpaired) electrons. The second-order valence-electron chi connectivity index (χ2n) is 17.0. The van der Waals surface area contributed by atoms with Crippen LogP contribution in [0.3, 0.4) is 0 Å². The summed E-state index contributed by atoms with van der Waals surface area (Å²) < 4.78 is 49.3. The van der Waals surface area contributed by atoms with Crippen LogP contribution in [0.1, 0.15) is 149 Å². The van der Waals surface area contributed by atoms with E-state index in [9.17, 15) is 58.9 Å². The molecule has 0 heterocycles. The molecule has 1 aliphatic rings. The third-order valence-corrected chi connectivity index (χ3v) is 12.2. The SMILES string of the molecule is CCCCC/C=C\C/C=C\C/C=C\C=C\[C@@H](O)CCCC(=O)OC[C@H](COP(=O)(O)O[C@H]1C(O)C(O)C(O)[C@@H](OP(=O)(O)O)C1O)OC(=O)CCCCC/C=C\C/C=C\C/C=C\C/C=C\CCCCC. The van der Waals surface area contributed by atoms with Crippen LogP contribution in [0.5, 0.6) is 0 Å². The third kappa shape index (κ3) is 34.3. The van der Waals surface area contributed by atoms with E-state index in [0.29, 0.717) is 12.8 Å². The Morgan fingerprint density at radius 2 is 1.00 bits per heavy atom. The molecule has 1 saturated carbocycles. The highest BCUT2D eigenvalue weighted by Gasteiger charge is 2.54. The van der Waals surface area contributed by atoms with Gasteiger partial charge in [-0.25, -0.2) is 9.13 Å². The standard InChI is InChI=1S/C51H84O17P2/c1-3-5-7-9-11-13-15-17-18-19-20-21-22-24-26-28-30-32-34-38-45(54)66-43(41-65-70(62,63)68-51-48(57)46(55)47(56)50(49(51)58)67-69(59,60)61)40-64-44(53)39-35-37-42(52)36-33-31-29-27-25-23-16-14-12-10-8-6-4-2/h11-14,17-18,20-21,23-26,29,31,33,36,42-43,46-52,55-58H,3-10,15-16,19,22,27-28,30,32,34-35,37-41H2,1-2H3,(H,62,63)(H2,59,60,61)/b13-11-,14-12-,18-17-,21-20-,25-23-,26-24-,31-29-,36-33+/t42-,43-,46?,47?,48?,49?,50-,51+/m1/s1. The summed E-state index contributed by atoms with van der Waals surface area (Å²) in [5, 5.41) is 51.6. The summed E-state index contributed by atoms with van der Waals surface area (Å²) in [6.45, 7) is 2.85. The Hall–Kier alpha value is -3.12. The van der Waals surface area contributed by atoms with E-state index in [1.807, 2.05) is 12.2 Å². The summed E-state index contributed by atoms with van der Waals surface area (Å²) >= 11 is 0. The second kappa shape index (κ2) is 40.4. The molecule has 400 valence electrons. The Balaban J connectivity index is 2.69. The number of unbranched alkanes of at least 4 members (excludes halogenated alkanes) is 9. The van der Waals surface area contributed by atoms with Gasteiger partial charge in [0, 0.05) is 12.8 Å². The molecule has 17 nitrogen and oxygen atoms in total. The van der Waals surface area contributed by atoms with E-state index >= 15 is 0 Å². The van der Waals surface area contributed by atoms with Crippen LogP contribution >= 0.6 is 15.6 Å². The van der Waals surface area contributed by atoms with Crippen LogP contribution in [-0.4, -0.2) is 114 Å². The smallest absolute Gasteiger partial charge is 0.462 e. The van der Waals surface area contributed by atoms with Crippen molar-refractivity contribution in [3.63, 3.8) is 0 Å². The average Bonchev–Trinajstić information content (AvgIpc) is 3.31. The van der Waals surface area contributed by atoms with Gasteiger partial charge in [-0.3, -0.25) is 23.2 Å². The molecular formula is C51H84O17P2. The van der Waals surface area contributed by atoms with Crippen molar-refractivity contribution in [3.8, 4) is 0 Å². The molecule has 1 rings (SSSR count).